The van der Waals surface area contributed by atoms with Crippen LogP contribution < -0.4 is 9.47 Å². The molecule has 1 aliphatic heterocycles. The number of fused-ring (bicyclic) bond motifs is 1. The summed E-state index contributed by atoms with van der Waals surface area (Å²) in [5.74, 6) is 0.944. The molecule has 0 amide bonds. The number of halogens is 1. The second-order valence-corrected chi connectivity index (χ2v) is 10.3. The second kappa shape index (κ2) is 7.45. The van der Waals surface area contributed by atoms with Crippen molar-refractivity contribution in [2.24, 2.45) is 0 Å². The van der Waals surface area contributed by atoms with Crippen LogP contribution in [0.2, 0.25) is 0 Å². The molecule has 0 spiro atoms. The zero-order valence-corrected chi connectivity index (χ0v) is 18.2. The van der Waals surface area contributed by atoms with Crippen molar-refractivity contribution < 1.29 is 23.0 Å². The summed E-state index contributed by atoms with van der Waals surface area (Å²) in [5.41, 5.74) is 0.106. The Balaban J connectivity index is 1.72. The highest BCUT2D eigenvalue weighted by atomic mass is 35.5. The Morgan fingerprint density at radius 2 is 1.60 bits per heavy atom. The molecular weight excluding hydrogens is 424 g/mol. The Hall–Kier alpha value is -2.28. The van der Waals surface area contributed by atoms with Gasteiger partial charge in [-0.1, -0.05) is 36.4 Å². The molecule has 5 nitrogen and oxygen atoms in total. The van der Waals surface area contributed by atoms with Crippen molar-refractivity contribution in [3.8, 4) is 11.5 Å². The molecule has 2 aliphatic rings. The van der Waals surface area contributed by atoms with Crippen LogP contribution in [0.4, 0.5) is 0 Å². The molecule has 0 radical (unpaired) electrons. The largest absolute Gasteiger partial charge is 0.497 e. The van der Waals surface area contributed by atoms with Crippen LogP contribution in [0.15, 0.2) is 66.1 Å². The Labute approximate surface area is 181 Å². The first-order valence-electron chi connectivity index (χ1n) is 9.54. The molecular formula is C23H23ClO5S. The summed E-state index contributed by atoms with van der Waals surface area (Å²) in [4.78, 5) is -1.45. The van der Waals surface area contributed by atoms with Gasteiger partial charge in [-0.15, -0.1) is 11.6 Å². The molecule has 4 atom stereocenters. The fourth-order valence-electron chi connectivity index (χ4n) is 4.41. The Bertz CT molecular complexity index is 1090. The highest BCUT2D eigenvalue weighted by Gasteiger charge is 2.67. The van der Waals surface area contributed by atoms with Crippen LogP contribution in [-0.2, 0) is 9.84 Å². The Kier molecular flexibility index (Phi) is 5.21. The van der Waals surface area contributed by atoms with Crippen molar-refractivity contribution in [3.63, 3.8) is 0 Å². The molecule has 1 saturated carbocycles. The van der Waals surface area contributed by atoms with Gasteiger partial charge in [0, 0.05) is 11.3 Å². The zero-order valence-electron chi connectivity index (χ0n) is 16.7. The molecule has 4 rings (SSSR count). The number of hydrogen-bond donors (Lipinski definition) is 1. The predicted octanol–water partition coefficient (Wildman–Crippen LogP) is 3.92. The summed E-state index contributed by atoms with van der Waals surface area (Å²) in [6.07, 6.45) is 4.99. The lowest BCUT2D eigenvalue weighted by Crippen LogP contribution is -2.48. The van der Waals surface area contributed by atoms with E-state index in [1.54, 1.807) is 38.5 Å². The molecule has 0 unspecified atom stereocenters. The van der Waals surface area contributed by atoms with Crippen molar-refractivity contribution in [3.05, 3.63) is 77.2 Å². The molecule has 1 fully saturated rings. The van der Waals surface area contributed by atoms with Crippen molar-refractivity contribution in [1.82, 2.24) is 0 Å². The zero-order chi connectivity index (χ0) is 21.6. The number of ether oxygens (including phenoxy) is 2. The molecule has 1 N–H and O–H groups in total. The van der Waals surface area contributed by atoms with Crippen molar-refractivity contribution >= 4 is 27.5 Å². The van der Waals surface area contributed by atoms with Gasteiger partial charge >= 0.3 is 0 Å². The molecule has 0 saturated heterocycles. The summed E-state index contributed by atoms with van der Waals surface area (Å²) in [6, 6.07) is 14.6. The molecule has 158 valence electrons. The van der Waals surface area contributed by atoms with E-state index < -0.39 is 31.5 Å². The number of aliphatic hydroxyl groups is 1. The Morgan fingerprint density at radius 3 is 2.17 bits per heavy atom. The monoisotopic (exact) mass is 446 g/mol. The van der Waals surface area contributed by atoms with Crippen LogP contribution in [0, 0.1) is 0 Å². The van der Waals surface area contributed by atoms with E-state index in [9.17, 15) is 13.5 Å². The quantitative estimate of drug-likeness (QED) is 0.704. The van der Waals surface area contributed by atoms with Crippen molar-refractivity contribution in [2.75, 3.05) is 14.2 Å². The van der Waals surface area contributed by atoms with Crippen LogP contribution >= 0.6 is 11.6 Å². The number of methoxy groups -OCH3 is 2. The summed E-state index contributed by atoms with van der Waals surface area (Å²) in [6.45, 7) is 0. The van der Waals surface area contributed by atoms with Crippen molar-refractivity contribution in [1.29, 1.82) is 0 Å². The fourth-order valence-corrected chi connectivity index (χ4v) is 7.26. The molecule has 30 heavy (non-hydrogen) atoms. The molecule has 1 aliphatic carbocycles. The minimum absolute atomic E-state index is 0.184. The van der Waals surface area contributed by atoms with Crippen LogP contribution in [0.25, 0.3) is 6.08 Å². The summed E-state index contributed by atoms with van der Waals surface area (Å²) in [5, 5.41) is 11.7. The van der Waals surface area contributed by atoms with Crippen molar-refractivity contribution in [2.45, 2.75) is 28.1 Å². The normalized spacial score (nSPS) is 31.7. The minimum atomic E-state index is -3.61. The van der Waals surface area contributed by atoms with Gasteiger partial charge in [0.15, 0.2) is 9.84 Å². The van der Waals surface area contributed by atoms with Gasteiger partial charge < -0.3 is 14.6 Å². The van der Waals surface area contributed by atoms with Gasteiger partial charge in [0.2, 0.25) is 0 Å². The van der Waals surface area contributed by atoms with E-state index in [0.29, 0.717) is 5.75 Å². The van der Waals surface area contributed by atoms with Gasteiger partial charge in [0.05, 0.1) is 19.5 Å². The average Bonchev–Trinajstić information content (AvgIpc) is 3.15. The number of hydrogen-bond acceptors (Lipinski definition) is 5. The lowest BCUT2D eigenvalue weighted by atomic mass is 9.89. The van der Waals surface area contributed by atoms with Gasteiger partial charge in [-0.05, 0) is 47.9 Å². The molecule has 2 aromatic carbocycles. The topological polar surface area (TPSA) is 72.8 Å². The number of sulfone groups is 1. The average molecular weight is 447 g/mol. The number of alkyl halides is 1. The minimum Gasteiger partial charge on any atom is -0.497 e. The smallest absolute Gasteiger partial charge is 0.177 e. The Morgan fingerprint density at radius 1 is 1.03 bits per heavy atom. The van der Waals surface area contributed by atoms with E-state index in [-0.39, 0.29) is 6.42 Å². The standard InChI is InChI=1S/C23H23ClO5S/c1-28-18-7-3-16(4-8-18)11-12-22(25)15-20(17-5-9-19(29-2)10-6-17)21-23(22,24)13-14-30(21,26)27/h3-14,20-21,25H,15H2,1-2H3/b12-11+/t20-,21-,22+,23+/m0/s1. The number of rotatable bonds is 5. The molecule has 0 aromatic heterocycles. The lowest BCUT2D eigenvalue weighted by Gasteiger charge is -2.32. The van der Waals surface area contributed by atoms with E-state index >= 15 is 0 Å². The molecule has 7 heteroatoms. The molecule has 0 bridgehead atoms. The summed E-state index contributed by atoms with van der Waals surface area (Å²) < 4.78 is 36.0. The molecule has 2 aromatic rings. The van der Waals surface area contributed by atoms with Gasteiger partial charge in [0.1, 0.15) is 22.0 Å². The van der Waals surface area contributed by atoms with E-state index in [4.69, 9.17) is 21.1 Å². The molecule has 1 heterocycles. The van der Waals surface area contributed by atoms with Crippen LogP contribution in [0.3, 0.4) is 0 Å². The first-order chi connectivity index (χ1) is 14.2. The summed E-state index contributed by atoms with van der Waals surface area (Å²) in [7, 11) is -0.448. The van der Waals surface area contributed by atoms with Gasteiger partial charge in [0.25, 0.3) is 0 Å². The van der Waals surface area contributed by atoms with E-state index in [1.807, 2.05) is 36.4 Å². The highest BCUT2D eigenvalue weighted by Crippen LogP contribution is 2.58. The van der Waals surface area contributed by atoms with E-state index in [2.05, 4.69) is 0 Å². The maximum absolute atomic E-state index is 12.8. The highest BCUT2D eigenvalue weighted by molar-refractivity contribution is 7.95. The van der Waals surface area contributed by atoms with E-state index in [0.717, 1.165) is 22.3 Å². The van der Waals surface area contributed by atoms with Gasteiger partial charge in [-0.2, -0.15) is 0 Å². The first kappa shape index (κ1) is 21.0. The first-order valence-corrected chi connectivity index (χ1v) is 11.5. The summed E-state index contributed by atoms with van der Waals surface area (Å²) >= 11 is 6.86. The number of benzene rings is 2. The van der Waals surface area contributed by atoms with Gasteiger partial charge in [-0.3, -0.25) is 0 Å². The SMILES string of the molecule is COc1ccc(/C=C/[C@@]2(O)C[C@@H](c3ccc(OC)cc3)[C@H]3[C@]2(Cl)C=CS3(=O)=O)cc1. The predicted molar refractivity (Wildman–Crippen MR) is 118 cm³/mol. The third-order valence-electron chi connectivity index (χ3n) is 6.04. The maximum Gasteiger partial charge on any atom is 0.177 e. The van der Waals surface area contributed by atoms with Crippen LogP contribution in [0.1, 0.15) is 23.5 Å². The fraction of sp³-hybridized carbons (Fsp3) is 0.304. The third kappa shape index (κ3) is 3.33. The lowest BCUT2D eigenvalue weighted by molar-refractivity contribution is 0.0812. The third-order valence-corrected chi connectivity index (χ3v) is 8.78. The second-order valence-electron chi connectivity index (χ2n) is 7.69. The van der Waals surface area contributed by atoms with Crippen LogP contribution in [-0.4, -0.2) is 43.5 Å². The maximum atomic E-state index is 12.8. The van der Waals surface area contributed by atoms with Crippen LogP contribution in [0.5, 0.6) is 11.5 Å². The van der Waals surface area contributed by atoms with E-state index in [1.165, 1.54) is 6.08 Å². The van der Waals surface area contributed by atoms with Gasteiger partial charge in [-0.25, -0.2) is 8.42 Å².